The molecule has 1 aromatic heterocycles. The van der Waals surface area contributed by atoms with Gasteiger partial charge in [0.25, 0.3) is 0 Å². The van der Waals surface area contributed by atoms with Gasteiger partial charge in [-0.15, -0.1) is 0 Å². The molecule has 0 saturated carbocycles. The molecule has 2 heterocycles. The predicted molar refractivity (Wildman–Crippen MR) is 77.8 cm³/mol. The fourth-order valence-corrected chi connectivity index (χ4v) is 2.28. The van der Waals surface area contributed by atoms with E-state index in [1.165, 1.54) is 0 Å². The highest BCUT2D eigenvalue weighted by Crippen LogP contribution is 2.21. The van der Waals surface area contributed by atoms with Crippen LogP contribution < -0.4 is 4.74 Å². The summed E-state index contributed by atoms with van der Waals surface area (Å²) in [5.41, 5.74) is 0.800. The lowest BCUT2D eigenvalue weighted by atomic mass is 10.1. The van der Waals surface area contributed by atoms with Crippen LogP contribution in [0.15, 0.2) is 12.4 Å². The first-order chi connectivity index (χ1) is 10.2. The zero-order valence-electron chi connectivity index (χ0n) is 12.7. The molecule has 21 heavy (non-hydrogen) atoms. The third-order valence-corrected chi connectivity index (χ3v) is 3.30. The third kappa shape index (κ3) is 4.66. The van der Waals surface area contributed by atoms with Gasteiger partial charge in [-0.3, -0.25) is 4.90 Å². The van der Waals surface area contributed by atoms with Crippen molar-refractivity contribution in [1.29, 1.82) is 5.26 Å². The van der Waals surface area contributed by atoms with Crippen molar-refractivity contribution in [3.63, 3.8) is 0 Å². The molecule has 0 amide bonds. The van der Waals surface area contributed by atoms with E-state index in [9.17, 15) is 5.26 Å². The zero-order chi connectivity index (χ0) is 15.1. The maximum atomic E-state index is 9.49. The van der Waals surface area contributed by atoms with Crippen LogP contribution in [0.25, 0.3) is 0 Å². The summed E-state index contributed by atoms with van der Waals surface area (Å²) < 4.78 is 10.9. The molecule has 1 aliphatic rings. The molecule has 0 radical (unpaired) electrons. The van der Waals surface area contributed by atoms with Gasteiger partial charge in [-0.05, 0) is 33.2 Å². The van der Waals surface area contributed by atoms with Gasteiger partial charge < -0.3 is 9.47 Å². The van der Waals surface area contributed by atoms with Crippen LogP contribution in [0.3, 0.4) is 0 Å². The summed E-state index contributed by atoms with van der Waals surface area (Å²) in [5.74, 6) is 0. The number of nitrogens with zero attached hydrogens (tertiary/aromatic N) is 4. The van der Waals surface area contributed by atoms with E-state index >= 15 is 0 Å². The average Bonchev–Trinajstić information content (AvgIpc) is 2.42. The van der Waals surface area contributed by atoms with Crippen LogP contribution in [-0.4, -0.2) is 47.3 Å². The third-order valence-electron chi connectivity index (χ3n) is 3.30. The maximum absolute atomic E-state index is 9.49. The minimum absolute atomic E-state index is 0.0362. The number of nitriles is 1. The fraction of sp³-hybridized carbons (Fsp3) is 0.667. The lowest BCUT2D eigenvalue weighted by molar-refractivity contribution is 0.0716. The molecule has 1 saturated heterocycles. The summed E-state index contributed by atoms with van der Waals surface area (Å²) in [5, 5.41) is 9.49. The zero-order valence-corrected chi connectivity index (χ0v) is 12.7. The van der Waals surface area contributed by atoms with Gasteiger partial charge in [0.05, 0.1) is 18.8 Å². The highest BCUT2D eigenvalue weighted by atomic mass is 16.5. The van der Waals surface area contributed by atoms with Crippen molar-refractivity contribution in [2.45, 2.75) is 38.8 Å². The molecule has 114 valence electrons. The summed E-state index contributed by atoms with van der Waals surface area (Å²) in [6.45, 7) is 6.97. The number of hydrogen-bond donors (Lipinski definition) is 0. The highest BCUT2D eigenvalue weighted by molar-refractivity contribution is 5.19. The Kier molecular flexibility index (Phi) is 5.90. The summed E-state index contributed by atoms with van der Waals surface area (Å²) >= 11 is 0. The van der Waals surface area contributed by atoms with Crippen molar-refractivity contribution < 1.29 is 9.47 Å². The predicted octanol–water partition coefficient (Wildman–Crippen LogP) is 1.94. The van der Waals surface area contributed by atoms with Crippen molar-refractivity contribution >= 4 is 0 Å². The Morgan fingerprint density at radius 2 is 2.00 bits per heavy atom. The van der Waals surface area contributed by atoms with E-state index in [-0.39, 0.29) is 12.1 Å². The molecule has 2 rings (SSSR count). The van der Waals surface area contributed by atoms with Gasteiger partial charge in [0.15, 0.2) is 0 Å². The highest BCUT2D eigenvalue weighted by Gasteiger charge is 2.21. The topological polar surface area (TPSA) is 71.3 Å². The van der Waals surface area contributed by atoms with Gasteiger partial charge in [0.2, 0.25) is 0 Å². The van der Waals surface area contributed by atoms with Crippen LogP contribution in [-0.2, 0) is 4.74 Å². The fourth-order valence-electron chi connectivity index (χ4n) is 2.28. The molecule has 1 aliphatic heterocycles. The number of aromatic nitrogens is 2. The molecular formula is C15H22N4O2. The Morgan fingerprint density at radius 1 is 1.24 bits per heavy atom. The van der Waals surface area contributed by atoms with E-state index in [2.05, 4.69) is 20.9 Å². The molecule has 0 aliphatic carbocycles. The van der Waals surface area contributed by atoms with Crippen molar-refractivity contribution in [3.05, 3.63) is 18.0 Å². The van der Waals surface area contributed by atoms with Crippen LogP contribution in [0.4, 0.5) is 0 Å². The molecule has 1 fully saturated rings. The Hall–Kier alpha value is -1.71. The van der Waals surface area contributed by atoms with Crippen molar-refractivity contribution in [2.24, 2.45) is 0 Å². The van der Waals surface area contributed by atoms with Crippen LogP contribution in [0.1, 0.15) is 38.3 Å². The molecule has 6 heteroatoms. The van der Waals surface area contributed by atoms with Gasteiger partial charge >= 0.3 is 6.01 Å². The largest absolute Gasteiger partial charge is 0.461 e. The normalized spacial score (nSPS) is 18.6. The summed E-state index contributed by atoms with van der Waals surface area (Å²) in [6.07, 6.45) is 5.46. The van der Waals surface area contributed by atoms with Gasteiger partial charge in [-0.2, -0.15) is 5.26 Å². The van der Waals surface area contributed by atoms with Gasteiger partial charge in [-0.1, -0.05) is 0 Å². The van der Waals surface area contributed by atoms with Crippen LogP contribution in [0.2, 0.25) is 0 Å². The first kappa shape index (κ1) is 15.7. The summed E-state index contributed by atoms with van der Waals surface area (Å²) in [7, 11) is 0. The number of ether oxygens (including phenoxy) is 2. The van der Waals surface area contributed by atoms with Crippen molar-refractivity contribution in [2.75, 3.05) is 26.3 Å². The average molecular weight is 290 g/mol. The second-order valence-electron chi connectivity index (χ2n) is 5.35. The molecule has 1 atom stereocenters. The maximum Gasteiger partial charge on any atom is 0.316 e. The molecule has 0 N–H and O–H groups in total. The summed E-state index contributed by atoms with van der Waals surface area (Å²) in [6, 6.07) is 2.36. The minimum atomic E-state index is -0.334. The first-order valence-electron chi connectivity index (χ1n) is 7.40. The van der Waals surface area contributed by atoms with Gasteiger partial charge in [-0.25, -0.2) is 9.97 Å². The van der Waals surface area contributed by atoms with E-state index in [4.69, 9.17) is 9.47 Å². The Bertz CT molecular complexity index is 462. The Labute approximate surface area is 125 Å². The van der Waals surface area contributed by atoms with E-state index in [0.29, 0.717) is 12.6 Å². The second kappa shape index (κ2) is 7.91. The lowest BCUT2D eigenvalue weighted by Gasteiger charge is -2.28. The van der Waals surface area contributed by atoms with E-state index < -0.39 is 0 Å². The molecule has 1 unspecified atom stereocenters. The van der Waals surface area contributed by atoms with E-state index in [1.807, 2.05) is 13.8 Å². The van der Waals surface area contributed by atoms with E-state index in [1.54, 1.807) is 12.4 Å². The molecule has 1 aromatic rings. The van der Waals surface area contributed by atoms with Crippen LogP contribution in [0.5, 0.6) is 6.01 Å². The molecule has 0 spiro atoms. The standard InChI is InChI=1S/C15H22N4O2/c1-12(2)21-15-17-10-13(11-18-15)14(9-16)19-5-3-4-7-20-8-6-19/h10-12,14H,3-8H2,1-2H3. The molecule has 0 aromatic carbocycles. The monoisotopic (exact) mass is 290 g/mol. The van der Waals surface area contributed by atoms with Crippen molar-refractivity contribution in [1.82, 2.24) is 14.9 Å². The molecule has 6 nitrogen and oxygen atoms in total. The minimum Gasteiger partial charge on any atom is -0.461 e. The summed E-state index contributed by atoms with van der Waals surface area (Å²) in [4.78, 5) is 10.5. The van der Waals surface area contributed by atoms with E-state index in [0.717, 1.165) is 38.1 Å². The van der Waals surface area contributed by atoms with Crippen LogP contribution >= 0.6 is 0 Å². The van der Waals surface area contributed by atoms with Crippen LogP contribution in [0, 0.1) is 11.3 Å². The SMILES string of the molecule is CC(C)Oc1ncc(C(C#N)N2CCCCOCC2)cn1. The van der Waals surface area contributed by atoms with Gasteiger partial charge in [0, 0.05) is 31.1 Å². The van der Waals surface area contributed by atoms with Crippen molar-refractivity contribution in [3.8, 4) is 12.1 Å². The number of rotatable bonds is 4. The first-order valence-corrected chi connectivity index (χ1v) is 7.40. The quantitative estimate of drug-likeness (QED) is 0.844. The Morgan fingerprint density at radius 3 is 2.67 bits per heavy atom. The second-order valence-corrected chi connectivity index (χ2v) is 5.35. The molecule has 0 bridgehead atoms. The molecular weight excluding hydrogens is 268 g/mol. The van der Waals surface area contributed by atoms with Gasteiger partial charge in [0.1, 0.15) is 6.04 Å². The number of hydrogen-bond acceptors (Lipinski definition) is 6. The Balaban J connectivity index is 2.07. The smallest absolute Gasteiger partial charge is 0.316 e. The lowest BCUT2D eigenvalue weighted by Crippen LogP contribution is -2.34.